The molecule has 0 heterocycles. The third-order valence-electron chi connectivity index (χ3n) is 1.51. The number of non-ortho nitro benzene ring substituents is 1. The zero-order chi connectivity index (χ0) is 12.2. The highest BCUT2D eigenvalue weighted by Gasteiger charge is 2.04. The maximum atomic E-state index is 10.7. The molecule has 0 spiro atoms. The van der Waals surface area contributed by atoms with Crippen molar-refractivity contribution in [1.82, 2.24) is 4.83 Å². The van der Waals surface area contributed by atoms with E-state index >= 15 is 0 Å². The molecular formula is C8H9N3O4S. The summed E-state index contributed by atoms with van der Waals surface area (Å²) in [6, 6.07) is 5.68. The number of nitro groups is 1. The summed E-state index contributed by atoms with van der Waals surface area (Å²) in [5, 5.41) is 13.9. The monoisotopic (exact) mass is 243 g/mol. The van der Waals surface area contributed by atoms with Gasteiger partial charge in [0.2, 0.25) is 10.0 Å². The lowest BCUT2D eigenvalue weighted by Crippen LogP contribution is -2.15. The van der Waals surface area contributed by atoms with Crippen LogP contribution < -0.4 is 4.83 Å². The predicted octanol–water partition coefficient (Wildman–Crippen LogP) is 0.478. The number of hydrazone groups is 1. The lowest BCUT2D eigenvalue weighted by molar-refractivity contribution is -0.384. The molecule has 0 aliphatic rings. The molecule has 0 fully saturated rings. The van der Waals surface area contributed by atoms with Crippen molar-refractivity contribution in [2.45, 2.75) is 0 Å². The molecule has 0 aliphatic carbocycles. The Balaban J connectivity index is 2.82. The topological polar surface area (TPSA) is 102 Å². The van der Waals surface area contributed by atoms with Crippen LogP contribution in [-0.4, -0.2) is 25.8 Å². The van der Waals surface area contributed by atoms with Gasteiger partial charge < -0.3 is 0 Å². The second-order valence-corrected chi connectivity index (χ2v) is 4.70. The molecule has 0 amide bonds. The molecule has 0 bridgehead atoms. The summed E-state index contributed by atoms with van der Waals surface area (Å²) in [4.78, 5) is 11.8. The quantitative estimate of drug-likeness (QED) is 0.472. The SMILES string of the molecule is CS(=O)(=O)N/N=C\c1cccc([N+](=O)[O-])c1. The number of sulfonamides is 1. The van der Waals surface area contributed by atoms with Gasteiger partial charge in [0.05, 0.1) is 17.4 Å². The van der Waals surface area contributed by atoms with Crippen LogP contribution in [0.3, 0.4) is 0 Å². The number of hydrogen-bond donors (Lipinski definition) is 1. The Morgan fingerprint density at radius 2 is 2.19 bits per heavy atom. The Bertz CT molecular complexity index is 524. The van der Waals surface area contributed by atoms with E-state index in [9.17, 15) is 18.5 Å². The van der Waals surface area contributed by atoms with Crippen molar-refractivity contribution < 1.29 is 13.3 Å². The number of benzene rings is 1. The standard InChI is InChI=1S/C8H9N3O4S/c1-16(14,15)10-9-6-7-3-2-4-8(5-7)11(12)13/h2-6,10H,1H3/b9-6-. The third-order valence-corrected chi connectivity index (χ3v) is 1.95. The number of hydrogen-bond acceptors (Lipinski definition) is 5. The van der Waals surface area contributed by atoms with Gasteiger partial charge in [0.1, 0.15) is 0 Å². The van der Waals surface area contributed by atoms with Crippen molar-refractivity contribution >= 4 is 21.9 Å². The van der Waals surface area contributed by atoms with Crippen LogP contribution in [0.2, 0.25) is 0 Å². The lowest BCUT2D eigenvalue weighted by Gasteiger charge is -1.95. The highest BCUT2D eigenvalue weighted by Crippen LogP contribution is 2.11. The Morgan fingerprint density at radius 1 is 1.50 bits per heavy atom. The minimum Gasteiger partial charge on any atom is -0.258 e. The molecule has 0 atom stereocenters. The van der Waals surface area contributed by atoms with Gasteiger partial charge in [-0.1, -0.05) is 12.1 Å². The smallest absolute Gasteiger partial charge is 0.258 e. The summed E-state index contributed by atoms with van der Waals surface area (Å²) in [5.74, 6) is 0. The zero-order valence-corrected chi connectivity index (χ0v) is 9.14. The summed E-state index contributed by atoms with van der Waals surface area (Å²) in [7, 11) is -3.40. The molecule has 0 saturated carbocycles. The largest absolute Gasteiger partial charge is 0.270 e. The van der Waals surface area contributed by atoms with Gasteiger partial charge in [0.25, 0.3) is 5.69 Å². The fourth-order valence-corrected chi connectivity index (χ4v) is 1.16. The van der Waals surface area contributed by atoms with E-state index in [4.69, 9.17) is 0 Å². The van der Waals surface area contributed by atoms with Crippen LogP contribution in [0.4, 0.5) is 5.69 Å². The van der Waals surface area contributed by atoms with Crippen molar-refractivity contribution in [2.24, 2.45) is 5.10 Å². The fourth-order valence-electron chi connectivity index (χ4n) is 0.915. The van der Waals surface area contributed by atoms with Crippen LogP contribution in [-0.2, 0) is 10.0 Å². The molecule has 0 unspecified atom stereocenters. The molecule has 1 N–H and O–H groups in total. The van der Waals surface area contributed by atoms with E-state index in [1.54, 1.807) is 6.07 Å². The first-order valence-electron chi connectivity index (χ1n) is 4.13. The fraction of sp³-hybridized carbons (Fsp3) is 0.125. The van der Waals surface area contributed by atoms with Crippen LogP contribution in [0.25, 0.3) is 0 Å². The first kappa shape index (κ1) is 12.1. The van der Waals surface area contributed by atoms with E-state index in [1.165, 1.54) is 24.4 Å². The number of nitrogens with zero attached hydrogens (tertiary/aromatic N) is 2. The molecule has 0 saturated heterocycles. The highest BCUT2D eigenvalue weighted by atomic mass is 32.2. The van der Waals surface area contributed by atoms with Gasteiger partial charge in [0, 0.05) is 17.7 Å². The molecule has 1 aromatic carbocycles. The maximum absolute atomic E-state index is 10.7. The number of rotatable bonds is 4. The van der Waals surface area contributed by atoms with Crippen LogP contribution in [0.15, 0.2) is 29.4 Å². The third kappa shape index (κ3) is 4.05. The average molecular weight is 243 g/mol. The summed E-state index contributed by atoms with van der Waals surface area (Å²) in [6.45, 7) is 0. The first-order chi connectivity index (χ1) is 7.38. The Morgan fingerprint density at radius 3 is 2.75 bits per heavy atom. The minimum absolute atomic E-state index is 0.0803. The van der Waals surface area contributed by atoms with Gasteiger partial charge in [-0.15, -0.1) is 0 Å². The predicted molar refractivity (Wildman–Crippen MR) is 58.7 cm³/mol. The normalized spacial score (nSPS) is 11.6. The van der Waals surface area contributed by atoms with Crippen LogP contribution >= 0.6 is 0 Å². The summed E-state index contributed by atoms with van der Waals surface area (Å²) in [6.07, 6.45) is 2.14. The van der Waals surface area contributed by atoms with Gasteiger partial charge in [-0.2, -0.15) is 5.10 Å². The maximum Gasteiger partial charge on any atom is 0.270 e. The van der Waals surface area contributed by atoms with Crippen molar-refractivity contribution in [3.63, 3.8) is 0 Å². The van der Waals surface area contributed by atoms with E-state index in [0.717, 1.165) is 6.26 Å². The molecule has 0 radical (unpaired) electrons. The summed E-state index contributed by atoms with van der Waals surface area (Å²) < 4.78 is 21.3. The first-order valence-corrected chi connectivity index (χ1v) is 6.02. The molecular weight excluding hydrogens is 234 g/mol. The average Bonchev–Trinajstić information content (AvgIpc) is 2.16. The number of nitro benzene ring substituents is 1. The molecule has 0 aliphatic heterocycles. The second-order valence-electron chi connectivity index (χ2n) is 2.97. The molecule has 0 aromatic heterocycles. The van der Waals surface area contributed by atoms with Crippen LogP contribution in [0.1, 0.15) is 5.56 Å². The van der Waals surface area contributed by atoms with E-state index in [0.29, 0.717) is 5.56 Å². The van der Waals surface area contributed by atoms with Crippen molar-refractivity contribution in [2.75, 3.05) is 6.26 Å². The van der Waals surface area contributed by atoms with Gasteiger partial charge in [-0.3, -0.25) is 10.1 Å². The van der Waals surface area contributed by atoms with Crippen LogP contribution in [0.5, 0.6) is 0 Å². The highest BCUT2D eigenvalue weighted by molar-refractivity contribution is 7.88. The molecule has 1 rings (SSSR count). The van der Waals surface area contributed by atoms with Crippen LogP contribution in [0, 0.1) is 10.1 Å². The molecule has 8 heteroatoms. The van der Waals surface area contributed by atoms with Crippen molar-refractivity contribution in [3.05, 3.63) is 39.9 Å². The van der Waals surface area contributed by atoms with E-state index in [2.05, 4.69) is 5.10 Å². The van der Waals surface area contributed by atoms with Gasteiger partial charge in [-0.25, -0.2) is 13.2 Å². The molecule has 16 heavy (non-hydrogen) atoms. The Hall–Kier alpha value is -1.96. The van der Waals surface area contributed by atoms with Crippen molar-refractivity contribution in [1.29, 1.82) is 0 Å². The van der Waals surface area contributed by atoms with E-state index in [1.807, 2.05) is 4.83 Å². The Kier molecular flexibility index (Phi) is 3.56. The Labute approximate surface area is 92.0 Å². The number of nitrogens with one attached hydrogen (secondary N) is 1. The van der Waals surface area contributed by atoms with E-state index in [-0.39, 0.29) is 5.69 Å². The molecule has 1 aromatic rings. The van der Waals surface area contributed by atoms with Crippen molar-refractivity contribution in [3.8, 4) is 0 Å². The minimum atomic E-state index is -3.40. The zero-order valence-electron chi connectivity index (χ0n) is 8.32. The molecule has 86 valence electrons. The second kappa shape index (κ2) is 4.71. The summed E-state index contributed by atoms with van der Waals surface area (Å²) in [5.41, 5.74) is 0.355. The van der Waals surface area contributed by atoms with Gasteiger partial charge in [0.15, 0.2) is 0 Å². The van der Waals surface area contributed by atoms with E-state index < -0.39 is 14.9 Å². The van der Waals surface area contributed by atoms with Gasteiger partial charge in [-0.05, 0) is 0 Å². The molecule has 7 nitrogen and oxygen atoms in total. The van der Waals surface area contributed by atoms with Gasteiger partial charge >= 0.3 is 0 Å². The lowest BCUT2D eigenvalue weighted by atomic mass is 10.2. The summed E-state index contributed by atoms with van der Waals surface area (Å²) >= 11 is 0.